The van der Waals surface area contributed by atoms with Crippen molar-refractivity contribution in [1.82, 2.24) is 5.43 Å². The van der Waals surface area contributed by atoms with Crippen molar-refractivity contribution < 1.29 is 4.39 Å². The molecule has 4 heteroatoms. The second-order valence-corrected chi connectivity index (χ2v) is 5.97. The summed E-state index contributed by atoms with van der Waals surface area (Å²) in [6.45, 7) is 4.14. The summed E-state index contributed by atoms with van der Waals surface area (Å²) in [6, 6.07) is 11.0. The zero-order chi connectivity index (χ0) is 14.7. The van der Waals surface area contributed by atoms with Gasteiger partial charge in [0.25, 0.3) is 0 Å². The molecule has 0 fully saturated rings. The van der Waals surface area contributed by atoms with E-state index in [9.17, 15) is 4.39 Å². The lowest BCUT2D eigenvalue weighted by Gasteiger charge is -2.18. The maximum absolute atomic E-state index is 13.5. The summed E-state index contributed by atoms with van der Waals surface area (Å²) in [5.74, 6) is 5.39. The molecular formula is C16H18BrFN2. The number of hydrogen-bond acceptors (Lipinski definition) is 2. The summed E-state index contributed by atoms with van der Waals surface area (Å²) in [5.41, 5.74) is 7.25. The molecular weight excluding hydrogens is 319 g/mol. The van der Waals surface area contributed by atoms with Crippen LogP contribution in [-0.4, -0.2) is 0 Å². The molecule has 106 valence electrons. The highest BCUT2D eigenvalue weighted by Crippen LogP contribution is 2.24. The molecule has 2 aromatic carbocycles. The smallest absolute Gasteiger partial charge is 0.124 e. The van der Waals surface area contributed by atoms with Crippen LogP contribution in [0.5, 0.6) is 0 Å². The molecule has 3 N–H and O–H groups in total. The molecule has 0 bridgehead atoms. The molecule has 0 amide bonds. The summed E-state index contributed by atoms with van der Waals surface area (Å²) < 4.78 is 14.2. The van der Waals surface area contributed by atoms with E-state index >= 15 is 0 Å². The third-order valence-corrected chi connectivity index (χ3v) is 3.87. The highest BCUT2D eigenvalue weighted by molar-refractivity contribution is 9.10. The van der Waals surface area contributed by atoms with Gasteiger partial charge in [0.2, 0.25) is 0 Å². The Hall–Kier alpha value is -1.23. The van der Waals surface area contributed by atoms with Crippen LogP contribution in [0.25, 0.3) is 0 Å². The van der Waals surface area contributed by atoms with Crippen LogP contribution < -0.4 is 11.3 Å². The number of nitrogens with one attached hydrogen (secondary N) is 1. The van der Waals surface area contributed by atoms with Crippen LogP contribution in [0, 0.1) is 19.7 Å². The van der Waals surface area contributed by atoms with Crippen LogP contribution >= 0.6 is 15.9 Å². The van der Waals surface area contributed by atoms with E-state index in [1.54, 1.807) is 0 Å². The molecule has 0 saturated carbocycles. The fraction of sp³-hybridized carbons (Fsp3) is 0.250. The van der Waals surface area contributed by atoms with Crippen molar-refractivity contribution in [3.05, 3.63) is 68.9 Å². The summed E-state index contributed by atoms with van der Waals surface area (Å²) in [4.78, 5) is 0. The predicted molar refractivity (Wildman–Crippen MR) is 83.8 cm³/mol. The van der Waals surface area contributed by atoms with Gasteiger partial charge in [0.05, 0.1) is 6.04 Å². The van der Waals surface area contributed by atoms with E-state index in [1.807, 2.05) is 6.07 Å². The molecule has 0 aliphatic heterocycles. The van der Waals surface area contributed by atoms with Gasteiger partial charge < -0.3 is 0 Å². The average Bonchev–Trinajstić information content (AvgIpc) is 2.38. The van der Waals surface area contributed by atoms with Crippen molar-refractivity contribution in [2.24, 2.45) is 5.84 Å². The van der Waals surface area contributed by atoms with Gasteiger partial charge in [-0.15, -0.1) is 0 Å². The van der Waals surface area contributed by atoms with Crippen LogP contribution in [0.2, 0.25) is 0 Å². The molecule has 1 unspecified atom stereocenters. The minimum atomic E-state index is -0.268. The van der Waals surface area contributed by atoms with E-state index < -0.39 is 0 Å². The van der Waals surface area contributed by atoms with Gasteiger partial charge in [-0.3, -0.25) is 11.3 Å². The van der Waals surface area contributed by atoms with E-state index in [1.165, 1.54) is 28.8 Å². The molecule has 0 saturated heterocycles. The molecule has 0 aromatic heterocycles. The maximum atomic E-state index is 13.5. The first-order chi connectivity index (χ1) is 9.49. The molecule has 20 heavy (non-hydrogen) atoms. The Bertz CT molecular complexity index is 593. The van der Waals surface area contributed by atoms with Crippen LogP contribution in [0.1, 0.15) is 28.3 Å². The summed E-state index contributed by atoms with van der Waals surface area (Å²) in [6.07, 6.45) is 0.722. The van der Waals surface area contributed by atoms with Crippen LogP contribution in [0.3, 0.4) is 0 Å². The van der Waals surface area contributed by atoms with Gasteiger partial charge in [0.1, 0.15) is 5.82 Å². The van der Waals surface area contributed by atoms with E-state index in [0.29, 0.717) is 4.47 Å². The molecule has 2 rings (SSSR count). The fourth-order valence-corrected chi connectivity index (χ4v) is 2.77. The van der Waals surface area contributed by atoms with Gasteiger partial charge >= 0.3 is 0 Å². The monoisotopic (exact) mass is 336 g/mol. The number of halogens is 2. The molecule has 0 heterocycles. The van der Waals surface area contributed by atoms with Crippen molar-refractivity contribution in [3.63, 3.8) is 0 Å². The number of hydrogen-bond donors (Lipinski definition) is 2. The lowest BCUT2D eigenvalue weighted by atomic mass is 9.95. The van der Waals surface area contributed by atoms with Gasteiger partial charge in [0, 0.05) is 4.47 Å². The van der Waals surface area contributed by atoms with Crippen LogP contribution in [0.15, 0.2) is 40.9 Å². The first kappa shape index (κ1) is 15.2. The number of rotatable bonds is 4. The summed E-state index contributed by atoms with van der Waals surface area (Å²) in [7, 11) is 0. The van der Waals surface area contributed by atoms with Gasteiger partial charge in [-0.25, -0.2) is 4.39 Å². The quantitative estimate of drug-likeness (QED) is 0.655. The Kier molecular flexibility index (Phi) is 4.91. The number of aryl methyl sites for hydroxylation is 2. The van der Waals surface area contributed by atoms with E-state index in [4.69, 9.17) is 5.84 Å². The SMILES string of the molecule is Cc1ccc(C)c(CC(NN)c2cc(F)cc(Br)c2)c1. The lowest BCUT2D eigenvalue weighted by Crippen LogP contribution is -2.29. The number of nitrogens with two attached hydrogens (primary N) is 1. The average molecular weight is 337 g/mol. The van der Waals surface area contributed by atoms with E-state index in [2.05, 4.69) is 53.4 Å². The Labute approximate surface area is 127 Å². The zero-order valence-electron chi connectivity index (χ0n) is 11.6. The van der Waals surface area contributed by atoms with Gasteiger partial charge in [0.15, 0.2) is 0 Å². The van der Waals surface area contributed by atoms with Gasteiger partial charge in [-0.2, -0.15) is 0 Å². The Morgan fingerprint density at radius 1 is 1.20 bits per heavy atom. The van der Waals surface area contributed by atoms with Crippen molar-refractivity contribution in [1.29, 1.82) is 0 Å². The molecule has 0 aliphatic rings. The zero-order valence-corrected chi connectivity index (χ0v) is 13.2. The molecule has 2 nitrogen and oxygen atoms in total. The molecule has 0 spiro atoms. The largest absolute Gasteiger partial charge is 0.271 e. The van der Waals surface area contributed by atoms with Gasteiger partial charge in [-0.1, -0.05) is 39.7 Å². The third-order valence-electron chi connectivity index (χ3n) is 3.42. The van der Waals surface area contributed by atoms with Gasteiger partial charge in [-0.05, 0) is 55.2 Å². The molecule has 0 aliphatic carbocycles. The Balaban J connectivity index is 2.30. The second kappa shape index (κ2) is 6.48. The van der Waals surface area contributed by atoms with E-state index in [0.717, 1.165) is 12.0 Å². The van der Waals surface area contributed by atoms with Crippen LogP contribution in [-0.2, 0) is 6.42 Å². The van der Waals surface area contributed by atoms with E-state index in [-0.39, 0.29) is 11.9 Å². The number of benzene rings is 2. The second-order valence-electron chi connectivity index (χ2n) is 5.06. The van der Waals surface area contributed by atoms with Crippen molar-refractivity contribution >= 4 is 15.9 Å². The summed E-state index contributed by atoms with van der Waals surface area (Å²) >= 11 is 3.31. The lowest BCUT2D eigenvalue weighted by molar-refractivity contribution is 0.543. The van der Waals surface area contributed by atoms with Crippen molar-refractivity contribution in [2.45, 2.75) is 26.3 Å². The Morgan fingerprint density at radius 3 is 2.60 bits per heavy atom. The molecule has 0 radical (unpaired) electrons. The topological polar surface area (TPSA) is 38.0 Å². The normalized spacial score (nSPS) is 12.4. The first-order valence-electron chi connectivity index (χ1n) is 6.48. The maximum Gasteiger partial charge on any atom is 0.124 e. The number of hydrazine groups is 1. The Morgan fingerprint density at radius 2 is 1.95 bits per heavy atom. The minimum Gasteiger partial charge on any atom is -0.271 e. The first-order valence-corrected chi connectivity index (χ1v) is 7.27. The standard InChI is InChI=1S/C16H18BrFN2/c1-10-3-4-11(2)12(5-10)8-16(20-19)13-6-14(17)9-15(18)7-13/h3-7,9,16,20H,8,19H2,1-2H3. The third kappa shape index (κ3) is 3.66. The van der Waals surface area contributed by atoms with Crippen molar-refractivity contribution in [3.8, 4) is 0 Å². The predicted octanol–water partition coefficient (Wildman–Crippen LogP) is 3.95. The minimum absolute atomic E-state index is 0.123. The highest BCUT2D eigenvalue weighted by atomic mass is 79.9. The van der Waals surface area contributed by atoms with Crippen LogP contribution in [0.4, 0.5) is 4.39 Å². The molecule has 2 aromatic rings. The highest BCUT2D eigenvalue weighted by Gasteiger charge is 2.14. The molecule has 1 atom stereocenters. The fourth-order valence-electron chi connectivity index (χ4n) is 2.29. The van der Waals surface area contributed by atoms with Crippen molar-refractivity contribution in [2.75, 3.05) is 0 Å². The summed E-state index contributed by atoms with van der Waals surface area (Å²) in [5, 5.41) is 0.